The molecule has 2 aromatic rings. The molecule has 28 heavy (non-hydrogen) atoms. The fourth-order valence-electron chi connectivity index (χ4n) is 2.78. The van der Waals surface area contributed by atoms with Crippen molar-refractivity contribution < 1.29 is 27.2 Å². The zero-order valence-corrected chi connectivity index (χ0v) is 15.4. The van der Waals surface area contributed by atoms with Crippen LogP contribution in [0.1, 0.15) is 19.4 Å². The molecule has 2 heterocycles. The smallest absolute Gasteiger partial charge is 0.272 e. The Kier molecular flexibility index (Phi) is 5.05. The predicted octanol–water partition coefficient (Wildman–Crippen LogP) is 4.53. The van der Waals surface area contributed by atoms with Gasteiger partial charge in [0.05, 0.1) is 16.3 Å². The quantitative estimate of drug-likeness (QED) is 0.591. The normalized spacial score (nSPS) is 20.0. The lowest BCUT2D eigenvalue weighted by Crippen LogP contribution is -2.36. The van der Waals surface area contributed by atoms with Crippen LogP contribution in [-0.2, 0) is 15.8 Å². The van der Waals surface area contributed by atoms with Gasteiger partial charge in [-0.15, -0.1) is 0 Å². The number of aromatic nitrogens is 1. The van der Waals surface area contributed by atoms with Gasteiger partial charge >= 0.3 is 6.18 Å². The van der Waals surface area contributed by atoms with Gasteiger partial charge in [-0.2, -0.15) is 18.2 Å². The highest BCUT2D eigenvalue weighted by molar-refractivity contribution is 6.31. The summed E-state index contributed by atoms with van der Waals surface area (Å²) >= 11 is 5.68. The van der Waals surface area contributed by atoms with Crippen molar-refractivity contribution in [3.05, 3.63) is 46.7 Å². The number of hydrazine groups is 1. The van der Waals surface area contributed by atoms with Crippen LogP contribution in [0.5, 0.6) is 0 Å². The monoisotopic (exact) mass is 415 g/mol. The summed E-state index contributed by atoms with van der Waals surface area (Å²) in [6, 6.07) is 4.83. The van der Waals surface area contributed by atoms with Crippen LogP contribution >= 0.6 is 11.6 Å². The lowest BCUT2D eigenvalue weighted by molar-refractivity contribution is -0.139. The molecule has 1 aliphatic rings. The minimum Gasteiger partial charge on any atom is -0.272 e. The Morgan fingerprint density at radius 1 is 1.07 bits per heavy atom. The SMILES string of the molecule is CC1C(=O)N(Nc2ccc(C(F)(F)F)c(-c3ccc(F)c(Cl)c3)n2)C(=O)C1C. The van der Waals surface area contributed by atoms with Crippen LogP contribution < -0.4 is 5.43 Å². The highest BCUT2D eigenvalue weighted by Crippen LogP contribution is 2.38. The number of benzene rings is 1. The Bertz CT molecular complexity index is 944. The van der Waals surface area contributed by atoms with Crippen molar-refractivity contribution in [1.29, 1.82) is 0 Å². The summed E-state index contributed by atoms with van der Waals surface area (Å²) in [4.78, 5) is 28.2. The van der Waals surface area contributed by atoms with E-state index in [1.807, 2.05) is 0 Å². The van der Waals surface area contributed by atoms with Gasteiger partial charge in [0, 0.05) is 17.4 Å². The molecule has 2 amide bonds. The molecule has 148 valence electrons. The van der Waals surface area contributed by atoms with E-state index in [0.717, 1.165) is 35.3 Å². The van der Waals surface area contributed by atoms with Gasteiger partial charge in [-0.05, 0) is 30.3 Å². The molecule has 1 N–H and O–H groups in total. The van der Waals surface area contributed by atoms with Gasteiger partial charge in [0.2, 0.25) is 0 Å². The summed E-state index contributed by atoms with van der Waals surface area (Å²) in [5.74, 6) is -3.08. The van der Waals surface area contributed by atoms with Gasteiger partial charge in [0.1, 0.15) is 11.6 Å². The maximum atomic E-state index is 13.4. The van der Waals surface area contributed by atoms with Gasteiger partial charge in [-0.3, -0.25) is 15.0 Å². The molecule has 1 saturated heterocycles. The second-order valence-corrected chi connectivity index (χ2v) is 6.83. The molecule has 1 fully saturated rings. The lowest BCUT2D eigenvalue weighted by atomic mass is 10.00. The van der Waals surface area contributed by atoms with E-state index in [1.54, 1.807) is 13.8 Å². The minimum atomic E-state index is -4.73. The molecule has 5 nitrogen and oxygen atoms in total. The standard InChI is InChI=1S/C18H14ClF4N3O2/c1-8-9(2)17(28)26(16(8)27)25-14-6-4-11(18(21,22)23)15(24-14)10-3-5-13(20)12(19)7-10/h3-9H,1-2H3,(H,24,25). The molecule has 0 bridgehead atoms. The summed E-state index contributed by atoms with van der Waals surface area (Å²) in [5, 5.41) is 0.380. The first-order valence-corrected chi connectivity index (χ1v) is 8.56. The summed E-state index contributed by atoms with van der Waals surface area (Å²) in [5.41, 5.74) is 0.816. The van der Waals surface area contributed by atoms with Crippen molar-refractivity contribution in [2.24, 2.45) is 11.8 Å². The van der Waals surface area contributed by atoms with Crippen LogP contribution in [0.4, 0.5) is 23.4 Å². The van der Waals surface area contributed by atoms with E-state index in [4.69, 9.17) is 11.6 Å². The third-order valence-electron chi connectivity index (χ3n) is 4.59. The Labute approximate surface area is 162 Å². The number of anilines is 1. The van der Waals surface area contributed by atoms with Crippen molar-refractivity contribution in [2.45, 2.75) is 20.0 Å². The van der Waals surface area contributed by atoms with Crippen LogP contribution in [-0.4, -0.2) is 21.8 Å². The van der Waals surface area contributed by atoms with E-state index < -0.39 is 46.9 Å². The molecule has 1 aliphatic heterocycles. The highest BCUT2D eigenvalue weighted by Gasteiger charge is 2.43. The Hall–Kier alpha value is -2.68. The minimum absolute atomic E-state index is 0.0665. The number of hydrogen-bond donors (Lipinski definition) is 1. The van der Waals surface area contributed by atoms with Crippen molar-refractivity contribution >= 4 is 29.2 Å². The topological polar surface area (TPSA) is 62.3 Å². The van der Waals surface area contributed by atoms with Crippen LogP contribution in [0.15, 0.2) is 30.3 Å². The molecule has 10 heteroatoms. The van der Waals surface area contributed by atoms with Crippen molar-refractivity contribution in [2.75, 3.05) is 5.43 Å². The second kappa shape index (κ2) is 7.05. The fourth-order valence-corrected chi connectivity index (χ4v) is 2.96. The Balaban J connectivity index is 2.04. The number of carbonyl (C=O) groups excluding carboxylic acids is 2. The molecular formula is C18H14ClF4N3O2. The predicted molar refractivity (Wildman–Crippen MR) is 93.4 cm³/mol. The molecule has 0 saturated carbocycles. The number of carbonyl (C=O) groups is 2. The van der Waals surface area contributed by atoms with Gasteiger partial charge in [-0.1, -0.05) is 25.4 Å². The van der Waals surface area contributed by atoms with Gasteiger partial charge in [0.25, 0.3) is 11.8 Å². The zero-order chi connectivity index (χ0) is 20.8. The number of imide groups is 1. The molecular weight excluding hydrogens is 402 g/mol. The van der Waals surface area contributed by atoms with Crippen LogP contribution in [0.2, 0.25) is 5.02 Å². The van der Waals surface area contributed by atoms with E-state index in [0.29, 0.717) is 0 Å². The average Bonchev–Trinajstić information content (AvgIpc) is 2.81. The average molecular weight is 416 g/mol. The number of halogens is 5. The van der Waals surface area contributed by atoms with Crippen molar-refractivity contribution in [3.63, 3.8) is 0 Å². The molecule has 0 spiro atoms. The van der Waals surface area contributed by atoms with Crippen LogP contribution in [0, 0.1) is 17.7 Å². The van der Waals surface area contributed by atoms with Crippen molar-refractivity contribution in [1.82, 2.24) is 9.99 Å². The summed E-state index contributed by atoms with van der Waals surface area (Å²) in [7, 11) is 0. The number of amides is 2. The first kappa shape index (κ1) is 20.1. The number of hydrogen-bond acceptors (Lipinski definition) is 4. The third kappa shape index (κ3) is 3.54. The zero-order valence-electron chi connectivity index (χ0n) is 14.6. The number of nitrogens with zero attached hydrogens (tertiary/aromatic N) is 2. The Morgan fingerprint density at radius 2 is 1.68 bits per heavy atom. The second-order valence-electron chi connectivity index (χ2n) is 6.42. The molecule has 2 atom stereocenters. The molecule has 0 radical (unpaired) electrons. The summed E-state index contributed by atoms with van der Waals surface area (Å²) < 4.78 is 53.6. The fraction of sp³-hybridized carbons (Fsp3) is 0.278. The molecule has 0 aliphatic carbocycles. The van der Waals surface area contributed by atoms with Gasteiger partial charge < -0.3 is 0 Å². The van der Waals surface area contributed by atoms with E-state index in [2.05, 4.69) is 10.4 Å². The van der Waals surface area contributed by atoms with Crippen molar-refractivity contribution in [3.8, 4) is 11.3 Å². The van der Waals surface area contributed by atoms with E-state index in [-0.39, 0.29) is 16.4 Å². The number of rotatable bonds is 3. The molecule has 1 aromatic heterocycles. The van der Waals surface area contributed by atoms with Gasteiger partial charge in [0.15, 0.2) is 0 Å². The summed E-state index contributed by atoms with van der Waals surface area (Å²) in [6.07, 6.45) is -4.73. The largest absolute Gasteiger partial charge is 0.418 e. The Morgan fingerprint density at radius 3 is 2.21 bits per heavy atom. The number of pyridine rings is 1. The van der Waals surface area contributed by atoms with E-state index in [1.165, 1.54) is 0 Å². The van der Waals surface area contributed by atoms with E-state index >= 15 is 0 Å². The first-order valence-electron chi connectivity index (χ1n) is 8.19. The van der Waals surface area contributed by atoms with Crippen LogP contribution in [0.25, 0.3) is 11.3 Å². The third-order valence-corrected chi connectivity index (χ3v) is 4.88. The number of nitrogens with one attached hydrogen (secondary N) is 1. The maximum absolute atomic E-state index is 13.4. The highest BCUT2D eigenvalue weighted by atomic mass is 35.5. The van der Waals surface area contributed by atoms with E-state index in [9.17, 15) is 27.2 Å². The number of alkyl halides is 3. The lowest BCUT2D eigenvalue weighted by Gasteiger charge is -2.19. The molecule has 3 rings (SSSR count). The molecule has 1 aromatic carbocycles. The maximum Gasteiger partial charge on any atom is 0.418 e. The van der Waals surface area contributed by atoms with Crippen LogP contribution in [0.3, 0.4) is 0 Å². The first-order chi connectivity index (χ1) is 13.0. The summed E-state index contributed by atoms with van der Waals surface area (Å²) in [6.45, 7) is 3.16. The van der Waals surface area contributed by atoms with Gasteiger partial charge in [-0.25, -0.2) is 9.37 Å². The molecule has 2 unspecified atom stereocenters.